The maximum absolute atomic E-state index is 13.6. The summed E-state index contributed by atoms with van der Waals surface area (Å²) in [5, 5.41) is 16.7. The molecule has 3 atom stereocenters. The molecule has 2 aromatic rings. The second-order valence-corrected chi connectivity index (χ2v) is 11.5. The molecular weight excluding hydrogens is 462 g/mol. The van der Waals surface area contributed by atoms with Crippen LogP contribution in [0.1, 0.15) is 49.9 Å². The van der Waals surface area contributed by atoms with Crippen LogP contribution in [0.2, 0.25) is 0 Å². The predicted molar refractivity (Wildman–Crippen MR) is 126 cm³/mol. The summed E-state index contributed by atoms with van der Waals surface area (Å²) in [5.41, 5.74) is 2.03. The van der Waals surface area contributed by atoms with Gasteiger partial charge in [-0.1, -0.05) is 26.0 Å². The van der Waals surface area contributed by atoms with Gasteiger partial charge in [0.25, 0.3) is 0 Å². The Bertz CT molecular complexity index is 1120. The van der Waals surface area contributed by atoms with E-state index in [1.807, 2.05) is 12.1 Å². The van der Waals surface area contributed by atoms with Crippen molar-refractivity contribution >= 4 is 15.7 Å². The maximum Gasteiger partial charge on any atom is 0.217 e. The minimum absolute atomic E-state index is 0.00498. The largest absolute Gasteiger partial charge is 0.390 e. The molecule has 3 N–H and O–H groups in total. The molecule has 0 aromatic heterocycles. The lowest BCUT2D eigenvalue weighted by Crippen LogP contribution is -2.49. The molecule has 2 aromatic carbocycles. The Morgan fingerprint density at radius 2 is 1.76 bits per heavy atom. The topological polar surface area (TPSA) is 95.5 Å². The molecule has 0 saturated heterocycles. The molecule has 1 aliphatic heterocycles. The number of halogens is 2. The Morgan fingerprint density at radius 3 is 2.38 bits per heavy atom. The van der Waals surface area contributed by atoms with Crippen molar-refractivity contribution < 1.29 is 27.1 Å². The fraction of sp³-hybridized carbons (Fsp3) is 0.480. The highest BCUT2D eigenvalue weighted by molar-refractivity contribution is 7.91. The second kappa shape index (κ2) is 10.9. The van der Waals surface area contributed by atoms with Gasteiger partial charge in [-0.2, -0.15) is 0 Å². The number of amides is 1. The highest BCUT2D eigenvalue weighted by atomic mass is 32.2. The minimum Gasteiger partial charge on any atom is -0.390 e. The number of nitrogens with one attached hydrogen (secondary N) is 2. The first-order chi connectivity index (χ1) is 15.9. The van der Waals surface area contributed by atoms with Crippen molar-refractivity contribution in [3.05, 3.63) is 64.7 Å². The summed E-state index contributed by atoms with van der Waals surface area (Å²) >= 11 is 0. The number of hydrogen-bond acceptors (Lipinski definition) is 5. The standard InChI is InChI=1S/C25H32F2N2O4S/c1-15(2)8-17-4-5-25-21(11-17)22(6-7-34(25,32)33)28-14-24(31)23(29-16(3)30)12-18-9-19(26)13-20(27)10-18/h4-5,9-11,13,15,22-24,28,31H,6-8,12,14H2,1-3H3,(H,29,30)/t22?,23-,24+/m0/s1. The van der Waals surface area contributed by atoms with Crippen LogP contribution in [0.15, 0.2) is 41.3 Å². The SMILES string of the molecule is CC(=O)N[C@@H](Cc1cc(F)cc(F)c1)[C@H](O)CNC1CCS(=O)(=O)c2ccc(CC(C)C)cc21. The van der Waals surface area contributed by atoms with Gasteiger partial charge < -0.3 is 15.7 Å². The van der Waals surface area contributed by atoms with Crippen LogP contribution in [0.4, 0.5) is 8.78 Å². The van der Waals surface area contributed by atoms with Crippen LogP contribution >= 0.6 is 0 Å². The highest BCUT2D eigenvalue weighted by Gasteiger charge is 2.31. The molecule has 1 heterocycles. The van der Waals surface area contributed by atoms with E-state index in [0.717, 1.165) is 30.2 Å². The first kappa shape index (κ1) is 26.2. The average molecular weight is 495 g/mol. The van der Waals surface area contributed by atoms with E-state index >= 15 is 0 Å². The summed E-state index contributed by atoms with van der Waals surface area (Å²) in [5.74, 6) is -1.44. The van der Waals surface area contributed by atoms with Gasteiger partial charge in [0.05, 0.1) is 22.8 Å². The zero-order valence-electron chi connectivity index (χ0n) is 19.6. The minimum atomic E-state index is -3.37. The van der Waals surface area contributed by atoms with E-state index in [-0.39, 0.29) is 30.7 Å². The molecule has 0 spiro atoms. The van der Waals surface area contributed by atoms with E-state index in [2.05, 4.69) is 24.5 Å². The van der Waals surface area contributed by atoms with Gasteiger partial charge in [-0.25, -0.2) is 17.2 Å². The highest BCUT2D eigenvalue weighted by Crippen LogP contribution is 2.33. The number of carbonyl (C=O) groups excluding carboxylic acids is 1. The van der Waals surface area contributed by atoms with Crippen molar-refractivity contribution in [1.82, 2.24) is 10.6 Å². The van der Waals surface area contributed by atoms with E-state index < -0.39 is 33.6 Å². The fourth-order valence-corrected chi connectivity index (χ4v) is 6.04. The Labute approximate surface area is 199 Å². The first-order valence-electron chi connectivity index (χ1n) is 11.4. The Kier molecular flexibility index (Phi) is 8.43. The second-order valence-electron chi connectivity index (χ2n) is 9.39. The molecule has 34 heavy (non-hydrogen) atoms. The van der Waals surface area contributed by atoms with E-state index in [1.54, 1.807) is 6.07 Å². The van der Waals surface area contributed by atoms with Crippen molar-refractivity contribution in [3.8, 4) is 0 Å². The van der Waals surface area contributed by atoms with E-state index in [9.17, 15) is 27.1 Å². The Hall–Kier alpha value is -2.36. The maximum atomic E-state index is 13.6. The van der Waals surface area contributed by atoms with Gasteiger partial charge in [-0.05, 0) is 60.1 Å². The van der Waals surface area contributed by atoms with Gasteiger partial charge in [-0.3, -0.25) is 4.79 Å². The number of fused-ring (bicyclic) bond motifs is 1. The van der Waals surface area contributed by atoms with Crippen LogP contribution in [-0.4, -0.2) is 43.9 Å². The van der Waals surface area contributed by atoms with Gasteiger partial charge in [0.15, 0.2) is 9.84 Å². The molecule has 1 unspecified atom stereocenters. The summed E-state index contributed by atoms with van der Waals surface area (Å²) in [6.07, 6.45) is 0.131. The van der Waals surface area contributed by atoms with Gasteiger partial charge in [0.2, 0.25) is 5.91 Å². The summed E-state index contributed by atoms with van der Waals surface area (Å²) in [7, 11) is -3.37. The lowest BCUT2D eigenvalue weighted by molar-refractivity contribution is -0.120. The van der Waals surface area contributed by atoms with Crippen LogP contribution in [0.3, 0.4) is 0 Å². The van der Waals surface area contributed by atoms with Crippen LogP contribution in [0.25, 0.3) is 0 Å². The van der Waals surface area contributed by atoms with Crippen molar-refractivity contribution in [2.45, 2.75) is 63.1 Å². The van der Waals surface area contributed by atoms with Crippen LogP contribution in [0, 0.1) is 17.6 Å². The van der Waals surface area contributed by atoms with Gasteiger partial charge in [0, 0.05) is 25.6 Å². The molecule has 0 bridgehead atoms. The molecule has 3 rings (SSSR count). The molecule has 1 amide bonds. The Morgan fingerprint density at radius 1 is 1.09 bits per heavy atom. The summed E-state index contributed by atoms with van der Waals surface area (Å²) in [4.78, 5) is 12.0. The smallest absolute Gasteiger partial charge is 0.217 e. The van der Waals surface area contributed by atoms with Crippen molar-refractivity contribution in [2.75, 3.05) is 12.3 Å². The Balaban J connectivity index is 1.77. The average Bonchev–Trinajstić information content (AvgIpc) is 2.71. The fourth-order valence-electron chi connectivity index (χ4n) is 4.43. The molecule has 0 saturated carbocycles. The summed E-state index contributed by atoms with van der Waals surface area (Å²) in [6, 6.07) is 7.43. The van der Waals surface area contributed by atoms with Gasteiger partial charge >= 0.3 is 0 Å². The predicted octanol–water partition coefficient (Wildman–Crippen LogP) is 3.08. The normalized spacial score (nSPS) is 18.9. The van der Waals surface area contributed by atoms with Crippen molar-refractivity contribution in [3.63, 3.8) is 0 Å². The first-order valence-corrected chi connectivity index (χ1v) is 13.1. The number of rotatable bonds is 9. The number of carbonyl (C=O) groups is 1. The third-order valence-electron chi connectivity index (χ3n) is 5.91. The van der Waals surface area contributed by atoms with Crippen molar-refractivity contribution in [1.29, 1.82) is 0 Å². The third kappa shape index (κ3) is 6.84. The molecule has 1 aliphatic rings. The van der Waals surface area contributed by atoms with Crippen LogP contribution < -0.4 is 10.6 Å². The molecule has 0 radical (unpaired) electrons. The third-order valence-corrected chi connectivity index (χ3v) is 7.72. The molecule has 0 fully saturated rings. The number of hydrogen-bond donors (Lipinski definition) is 3. The van der Waals surface area contributed by atoms with Crippen molar-refractivity contribution in [2.24, 2.45) is 5.92 Å². The summed E-state index contributed by atoms with van der Waals surface area (Å²) in [6.45, 7) is 5.54. The number of benzene rings is 2. The number of aliphatic hydroxyl groups is 1. The molecule has 9 heteroatoms. The van der Waals surface area contributed by atoms with Crippen LogP contribution in [-0.2, 0) is 27.5 Å². The monoisotopic (exact) mass is 494 g/mol. The zero-order valence-corrected chi connectivity index (χ0v) is 20.5. The van der Waals surface area contributed by atoms with Gasteiger partial charge in [0.1, 0.15) is 11.6 Å². The van der Waals surface area contributed by atoms with E-state index in [0.29, 0.717) is 28.4 Å². The number of sulfone groups is 1. The quantitative estimate of drug-likeness (QED) is 0.498. The van der Waals surface area contributed by atoms with E-state index in [4.69, 9.17) is 0 Å². The van der Waals surface area contributed by atoms with E-state index in [1.165, 1.54) is 6.92 Å². The molecular formula is C25H32F2N2O4S. The summed E-state index contributed by atoms with van der Waals surface area (Å²) < 4.78 is 52.4. The lowest BCUT2D eigenvalue weighted by Gasteiger charge is -2.30. The molecule has 6 nitrogen and oxygen atoms in total. The van der Waals surface area contributed by atoms with Crippen LogP contribution in [0.5, 0.6) is 0 Å². The zero-order chi connectivity index (χ0) is 25.0. The molecule has 0 aliphatic carbocycles. The lowest BCUT2D eigenvalue weighted by atomic mass is 9.96. The van der Waals surface area contributed by atoms with Gasteiger partial charge in [-0.15, -0.1) is 0 Å². The number of aliphatic hydroxyl groups excluding tert-OH is 1. The molecule has 186 valence electrons.